The summed E-state index contributed by atoms with van der Waals surface area (Å²) in [5.74, 6) is 0.697. The molecule has 154 valence electrons. The van der Waals surface area contributed by atoms with Crippen LogP contribution in [-0.4, -0.2) is 40.0 Å². The van der Waals surface area contributed by atoms with Gasteiger partial charge >= 0.3 is 0 Å². The number of carbonyl (C=O) groups is 1. The van der Waals surface area contributed by atoms with Crippen molar-refractivity contribution in [3.05, 3.63) is 75.8 Å². The minimum absolute atomic E-state index is 0.00219. The van der Waals surface area contributed by atoms with Crippen LogP contribution in [0.3, 0.4) is 0 Å². The number of carbonyl (C=O) groups excluding carboxylic acids is 1. The maximum absolute atomic E-state index is 12.9. The predicted octanol–water partition coefficient (Wildman–Crippen LogP) is 2.91. The van der Waals surface area contributed by atoms with E-state index in [1.165, 1.54) is 18.4 Å². The van der Waals surface area contributed by atoms with E-state index < -0.39 is 0 Å². The van der Waals surface area contributed by atoms with Crippen LogP contribution in [0.25, 0.3) is 10.9 Å². The molecule has 0 spiro atoms. The standard InChI is InChI=1S/C24H26N4O2/c29-23(25-16-21(27-12-4-5-13-27)17-7-2-1-3-8-17)18-10-11-19-20(15-18)26-22-9-6-14-28(22)24(19)30/h1-3,7-8,10-11,15,21H,4-6,9,12-14,16H2,(H,25,29)/t21-/m1/s1. The van der Waals surface area contributed by atoms with E-state index in [1.54, 1.807) is 22.8 Å². The van der Waals surface area contributed by atoms with Crippen molar-refractivity contribution in [1.29, 1.82) is 0 Å². The molecule has 30 heavy (non-hydrogen) atoms. The molecule has 3 aromatic rings. The number of likely N-dealkylation sites (tertiary alicyclic amines) is 1. The zero-order valence-electron chi connectivity index (χ0n) is 17.0. The number of aromatic nitrogens is 2. The molecule has 1 N–H and O–H groups in total. The third-order valence-electron chi connectivity index (χ3n) is 6.30. The van der Waals surface area contributed by atoms with Gasteiger partial charge in [-0.2, -0.15) is 0 Å². The summed E-state index contributed by atoms with van der Waals surface area (Å²) in [6, 6.07) is 15.8. The second-order valence-corrected chi connectivity index (χ2v) is 8.20. The van der Waals surface area contributed by atoms with Gasteiger partial charge in [0.1, 0.15) is 5.82 Å². The lowest BCUT2D eigenvalue weighted by Gasteiger charge is -2.28. The smallest absolute Gasteiger partial charge is 0.261 e. The first-order valence-corrected chi connectivity index (χ1v) is 10.8. The average Bonchev–Trinajstić information content (AvgIpc) is 3.47. The van der Waals surface area contributed by atoms with Gasteiger partial charge in [0.2, 0.25) is 0 Å². The van der Waals surface area contributed by atoms with E-state index in [-0.39, 0.29) is 17.5 Å². The van der Waals surface area contributed by atoms with E-state index in [4.69, 9.17) is 0 Å². The van der Waals surface area contributed by atoms with Crippen molar-refractivity contribution in [2.45, 2.75) is 38.3 Å². The highest BCUT2D eigenvalue weighted by Crippen LogP contribution is 2.24. The number of hydrogen-bond donors (Lipinski definition) is 1. The summed E-state index contributed by atoms with van der Waals surface area (Å²) in [5.41, 5.74) is 2.38. The summed E-state index contributed by atoms with van der Waals surface area (Å²) in [6.45, 7) is 3.41. The average molecular weight is 402 g/mol. The molecule has 2 aromatic carbocycles. The quantitative estimate of drug-likeness (QED) is 0.713. The molecule has 0 unspecified atom stereocenters. The van der Waals surface area contributed by atoms with Crippen molar-refractivity contribution in [3.63, 3.8) is 0 Å². The number of fused-ring (bicyclic) bond motifs is 2. The predicted molar refractivity (Wildman–Crippen MR) is 117 cm³/mol. The first kappa shape index (κ1) is 19.0. The summed E-state index contributed by atoms with van der Waals surface area (Å²) < 4.78 is 1.75. The van der Waals surface area contributed by atoms with Gasteiger partial charge in [-0.15, -0.1) is 0 Å². The molecule has 2 aliphatic heterocycles. The van der Waals surface area contributed by atoms with Crippen molar-refractivity contribution >= 4 is 16.8 Å². The number of benzene rings is 2. The van der Waals surface area contributed by atoms with Crippen LogP contribution in [0.4, 0.5) is 0 Å². The van der Waals surface area contributed by atoms with Crippen LogP contribution in [0, 0.1) is 0 Å². The maximum Gasteiger partial charge on any atom is 0.261 e. The van der Waals surface area contributed by atoms with E-state index in [2.05, 4.69) is 27.3 Å². The third-order valence-corrected chi connectivity index (χ3v) is 6.30. The number of rotatable bonds is 5. The molecule has 5 rings (SSSR count). The van der Waals surface area contributed by atoms with Crippen molar-refractivity contribution in [1.82, 2.24) is 19.8 Å². The molecule has 0 aliphatic carbocycles. The van der Waals surface area contributed by atoms with Gasteiger partial charge in [-0.05, 0) is 56.1 Å². The Labute approximate surface area is 175 Å². The van der Waals surface area contributed by atoms with Gasteiger partial charge in [-0.25, -0.2) is 4.98 Å². The number of nitrogens with zero attached hydrogens (tertiary/aromatic N) is 3. The van der Waals surface area contributed by atoms with Crippen molar-refractivity contribution in [2.75, 3.05) is 19.6 Å². The summed E-state index contributed by atoms with van der Waals surface area (Å²) in [4.78, 5) is 32.6. The van der Waals surface area contributed by atoms with E-state index in [9.17, 15) is 9.59 Å². The summed E-state index contributed by atoms with van der Waals surface area (Å²) in [7, 11) is 0. The van der Waals surface area contributed by atoms with Crippen molar-refractivity contribution in [3.8, 4) is 0 Å². The Morgan fingerprint density at radius 2 is 1.83 bits per heavy atom. The minimum atomic E-state index is -0.126. The highest BCUT2D eigenvalue weighted by Gasteiger charge is 2.24. The van der Waals surface area contributed by atoms with Gasteiger partial charge in [0.05, 0.1) is 16.9 Å². The molecular weight excluding hydrogens is 376 g/mol. The topological polar surface area (TPSA) is 67.2 Å². The fourth-order valence-electron chi connectivity index (χ4n) is 4.70. The highest BCUT2D eigenvalue weighted by molar-refractivity contribution is 5.97. The van der Waals surface area contributed by atoms with Crippen LogP contribution in [0.2, 0.25) is 0 Å². The van der Waals surface area contributed by atoms with Gasteiger partial charge in [-0.1, -0.05) is 30.3 Å². The number of amides is 1. The van der Waals surface area contributed by atoms with Gasteiger partial charge in [0.25, 0.3) is 11.5 Å². The molecule has 3 heterocycles. The molecule has 0 radical (unpaired) electrons. The second-order valence-electron chi connectivity index (χ2n) is 8.20. The second kappa shape index (κ2) is 8.03. The third kappa shape index (κ3) is 3.52. The molecule has 1 aromatic heterocycles. The summed E-state index contributed by atoms with van der Waals surface area (Å²) in [6.07, 6.45) is 4.17. The highest BCUT2D eigenvalue weighted by atomic mass is 16.1. The van der Waals surface area contributed by atoms with Gasteiger partial charge in [0.15, 0.2) is 0 Å². The van der Waals surface area contributed by atoms with Crippen LogP contribution in [0.1, 0.15) is 47.1 Å². The van der Waals surface area contributed by atoms with E-state index >= 15 is 0 Å². The lowest BCUT2D eigenvalue weighted by Crippen LogP contribution is -2.36. The molecular formula is C24H26N4O2. The lowest BCUT2D eigenvalue weighted by molar-refractivity contribution is 0.0938. The Hall–Kier alpha value is -2.99. The van der Waals surface area contributed by atoms with E-state index in [0.717, 1.165) is 38.3 Å². The first-order valence-electron chi connectivity index (χ1n) is 10.8. The Morgan fingerprint density at radius 1 is 1.03 bits per heavy atom. The van der Waals surface area contributed by atoms with Crippen LogP contribution >= 0.6 is 0 Å². The fourth-order valence-corrected chi connectivity index (χ4v) is 4.70. The molecule has 0 saturated carbocycles. The maximum atomic E-state index is 12.9. The van der Waals surface area contributed by atoms with Crippen LogP contribution in [0.15, 0.2) is 53.3 Å². The lowest BCUT2D eigenvalue weighted by atomic mass is 10.1. The molecule has 6 nitrogen and oxygen atoms in total. The molecule has 2 aliphatic rings. The number of aryl methyl sites for hydroxylation is 1. The normalized spacial score (nSPS) is 17.2. The molecule has 1 amide bonds. The monoisotopic (exact) mass is 402 g/mol. The van der Waals surface area contributed by atoms with Crippen LogP contribution in [0.5, 0.6) is 0 Å². The zero-order chi connectivity index (χ0) is 20.5. The minimum Gasteiger partial charge on any atom is -0.350 e. The molecule has 1 atom stereocenters. The number of nitrogens with one attached hydrogen (secondary N) is 1. The Kier molecular flexibility index (Phi) is 5.09. The number of hydrogen-bond acceptors (Lipinski definition) is 4. The van der Waals surface area contributed by atoms with Gasteiger partial charge in [0, 0.05) is 25.1 Å². The van der Waals surface area contributed by atoms with Crippen LogP contribution in [-0.2, 0) is 13.0 Å². The van der Waals surface area contributed by atoms with Crippen LogP contribution < -0.4 is 10.9 Å². The Balaban J connectivity index is 1.37. The van der Waals surface area contributed by atoms with Crippen molar-refractivity contribution < 1.29 is 4.79 Å². The van der Waals surface area contributed by atoms with Gasteiger partial charge < -0.3 is 5.32 Å². The molecule has 1 saturated heterocycles. The fraction of sp³-hybridized carbons (Fsp3) is 0.375. The molecule has 0 bridgehead atoms. The summed E-state index contributed by atoms with van der Waals surface area (Å²) in [5, 5.41) is 3.69. The van der Waals surface area contributed by atoms with Gasteiger partial charge in [-0.3, -0.25) is 19.1 Å². The Morgan fingerprint density at radius 3 is 2.63 bits per heavy atom. The Bertz CT molecular complexity index is 1130. The first-order chi connectivity index (χ1) is 14.7. The largest absolute Gasteiger partial charge is 0.350 e. The molecule has 1 fully saturated rings. The SMILES string of the molecule is O=C(NC[C@H](c1ccccc1)N1CCCC1)c1ccc2c(=O)n3c(nc2c1)CCC3. The van der Waals surface area contributed by atoms with Crippen molar-refractivity contribution in [2.24, 2.45) is 0 Å². The molecule has 6 heteroatoms. The zero-order valence-corrected chi connectivity index (χ0v) is 17.0. The summed E-state index contributed by atoms with van der Waals surface area (Å²) >= 11 is 0. The van der Waals surface area contributed by atoms with E-state index in [1.807, 2.05) is 18.2 Å². The van der Waals surface area contributed by atoms with E-state index in [0.29, 0.717) is 23.0 Å².